The third-order valence-electron chi connectivity index (χ3n) is 2.99. The maximum absolute atomic E-state index is 12.3. The van der Waals surface area contributed by atoms with Crippen molar-refractivity contribution in [1.82, 2.24) is 24.3 Å². The normalized spacial score (nSPS) is 11.1. The molecular weight excluding hydrogens is 258 g/mol. The molecule has 0 aliphatic heterocycles. The molecule has 1 N–H and O–H groups in total. The summed E-state index contributed by atoms with van der Waals surface area (Å²) in [6, 6.07) is 5.55. The number of aliphatic hydroxyl groups is 1. The van der Waals surface area contributed by atoms with Crippen LogP contribution in [0.15, 0.2) is 41.7 Å². The van der Waals surface area contributed by atoms with Crippen LogP contribution in [0.1, 0.15) is 5.69 Å². The van der Waals surface area contributed by atoms with E-state index in [4.69, 9.17) is 5.11 Å². The zero-order valence-electron chi connectivity index (χ0n) is 10.7. The molecule has 0 amide bonds. The first-order chi connectivity index (χ1) is 9.79. The fourth-order valence-corrected chi connectivity index (χ4v) is 2.03. The molecule has 0 atom stereocenters. The Bertz CT molecular complexity index is 778. The molecule has 0 saturated carbocycles. The summed E-state index contributed by atoms with van der Waals surface area (Å²) < 4.78 is 3.01. The van der Waals surface area contributed by atoms with Gasteiger partial charge in [0.1, 0.15) is 11.7 Å². The van der Waals surface area contributed by atoms with E-state index < -0.39 is 0 Å². The predicted octanol–water partition coefficient (Wildman–Crippen LogP) is 0.0286. The quantitative estimate of drug-likeness (QED) is 0.723. The van der Waals surface area contributed by atoms with E-state index in [9.17, 15) is 4.79 Å². The van der Waals surface area contributed by atoms with Gasteiger partial charge < -0.3 is 5.11 Å². The molecule has 3 aromatic heterocycles. The Balaban J connectivity index is 2.02. The highest BCUT2D eigenvalue weighted by molar-refractivity contribution is 5.72. The summed E-state index contributed by atoms with van der Waals surface area (Å²) in [4.78, 5) is 20.8. The number of hydrogen-bond acceptors (Lipinski definition) is 5. The van der Waals surface area contributed by atoms with Gasteiger partial charge in [0.15, 0.2) is 5.65 Å². The predicted molar refractivity (Wildman–Crippen MR) is 72.2 cm³/mol. The van der Waals surface area contributed by atoms with E-state index in [0.717, 1.165) is 5.69 Å². The van der Waals surface area contributed by atoms with Crippen LogP contribution in [0.3, 0.4) is 0 Å². The highest BCUT2D eigenvalue weighted by atomic mass is 16.3. The van der Waals surface area contributed by atoms with Gasteiger partial charge in [0, 0.05) is 6.20 Å². The maximum atomic E-state index is 12.3. The summed E-state index contributed by atoms with van der Waals surface area (Å²) in [5, 5.41) is 13.4. The van der Waals surface area contributed by atoms with Gasteiger partial charge >= 0.3 is 0 Å². The van der Waals surface area contributed by atoms with Crippen molar-refractivity contribution in [1.29, 1.82) is 0 Å². The van der Waals surface area contributed by atoms with Gasteiger partial charge in [0.25, 0.3) is 5.56 Å². The van der Waals surface area contributed by atoms with Gasteiger partial charge in [-0.05, 0) is 12.1 Å². The summed E-state index contributed by atoms with van der Waals surface area (Å²) in [5.74, 6) is 0. The van der Waals surface area contributed by atoms with Crippen molar-refractivity contribution >= 4 is 11.0 Å². The summed E-state index contributed by atoms with van der Waals surface area (Å²) in [6.07, 6.45) is 4.65. The zero-order chi connectivity index (χ0) is 13.9. The van der Waals surface area contributed by atoms with E-state index in [-0.39, 0.29) is 12.2 Å². The smallest absolute Gasteiger partial charge is 0.264 e. The standard InChI is InChI=1S/C13H13N5O2/c19-6-5-18-12-11(7-16-18)13(20)17(9-15-12)8-10-3-1-2-4-14-10/h1-4,7,9,19H,5-6,8H2. The van der Waals surface area contributed by atoms with Gasteiger partial charge in [-0.15, -0.1) is 0 Å². The van der Waals surface area contributed by atoms with Crippen LogP contribution in [0.4, 0.5) is 0 Å². The molecule has 20 heavy (non-hydrogen) atoms. The largest absolute Gasteiger partial charge is 0.394 e. The van der Waals surface area contributed by atoms with Crippen molar-refractivity contribution in [3.63, 3.8) is 0 Å². The third-order valence-corrected chi connectivity index (χ3v) is 2.99. The molecule has 0 unspecified atom stereocenters. The van der Waals surface area contributed by atoms with Crippen LogP contribution in [-0.4, -0.2) is 36.0 Å². The first kappa shape index (κ1) is 12.5. The lowest BCUT2D eigenvalue weighted by Gasteiger charge is -2.05. The average molecular weight is 271 g/mol. The van der Waals surface area contributed by atoms with E-state index in [0.29, 0.717) is 24.1 Å². The van der Waals surface area contributed by atoms with Gasteiger partial charge in [-0.25, -0.2) is 9.67 Å². The van der Waals surface area contributed by atoms with Crippen LogP contribution in [0.25, 0.3) is 11.0 Å². The molecule has 3 rings (SSSR count). The number of fused-ring (bicyclic) bond motifs is 1. The second kappa shape index (κ2) is 5.22. The van der Waals surface area contributed by atoms with E-state index in [1.807, 2.05) is 18.2 Å². The molecule has 3 heterocycles. The van der Waals surface area contributed by atoms with Crippen molar-refractivity contribution in [2.24, 2.45) is 0 Å². The van der Waals surface area contributed by atoms with Crippen molar-refractivity contribution in [2.45, 2.75) is 13.1 Å². The van der Waals surface area contributed by atoms with Gasteiger partial charge in [-0.2, -0.15) is 5.10 Å². The number of nitrogens with zero attached hydrogens (tertiary/aromatic N) is 5. The molecule has 7 nitrogen and oxygen atoms in total. The number of aliphatic hydroxyl groups excluding tert-OH is 1. The number of pyridine rings is 1. The fraction of sp³-hybridized carbons (Fsp3) is 0.231. The minimum atomic E-state index is -0.162. The van der Waals surface area contributed by atoms with Crippen LogP contribution < -0.4 is 5.56 Å². The Kier molecular flexibility index (Phi) is 3.26. The molecule has 3 aromatic rings. The first-order valence-corrected chi connectivity index (χ1v) is 6.21. The highest BCUT2D eigenvalue weighted by Crippen LogP contribution is 2.06. The van der Waals surface area contributed by atoms with Gasteiger partial charge in [0.05, 0.1) is 31.6 Å². The number of aromatic nitrogens is 5. The Hall–Kier alpha value is -2.54. The van der Waals surface area contributed by atoms with Crippen molar-refractivity contribution in [2.75, 3.05) is 6.61 Å². The number of hydrogen-bond donors (Lipinski definition) is 1. The second-order valence-electron chi connectivity index (χ2n) is 4.33. The van der Waals surface area contributed by atoms with E-state index in [1.54, 1.807) is 6.20 Å². The Morgan fingerprint density at radius 2 is 2.15 bits per heavy atom. The van der Waals surface area contributed by atoms with Crippen molar-refractivity contribution in [3.05, 3.63) is 53.0 Å². The SMILES string of the molecule is O=c1c2cnn(CCO)c2ncn1Cc1ccccn1. The Morgan fingerprint density at radius 3 is 2.90 bits per heavy atom. The van der Waals surface area contributed by atoms with Crippen LogP contribution in [0, 0.1) is 0 Å². The van der Waals surface area contributed by atoms with Gasteiger partial charge in [-0.1, -0.05) is 6.07 Å². The van der Waals surface area contributed by atoms with E-state index >= 15 is 0 Å². The minimum Gasteiger partial charge on any atom is -0.394 e. The molecule has 0 spiro atoms. The summed E-state index contributed by atoms with van der Waals surface area (Å²) >= 11 is 0. The van der Waals surface area contributed by atoms with Crippen LogP contribution >= 0.6 is 0 Å². The zero-order valence-corrected chi connectivity index (χ0v) is 10.7. The van der Waals surface area contributed by atoms with Crippen LogP contribution in [0.5, 0.6) is 0 Å². The van der Waals surface area contributed by atoms with Gasteiger partial charge in [-0.3, -0.25) is 14.3 Å². The summed E-state index contributed by atoms with van der Waals surface area (Å²) in [7, 11) is 0. The molecule has 0 bridgehead atoms. The van der Waals surface area contributed by atoms with Crippen molar-refractivity contribution in [3.8, 4) is 0 Å². The Labute approximate surface area is 114 Å². The highest BCUT2D eigenvalue weighted by Gasteiger charge is 2.10. The van der Waals surface area contributed by atoms with Crippen LogP contribution in [-0.2, 0) is 13.1 Å². The van der Waals surface area contributed by atoms with E-state index in [1.165, 1.54) is 21.8 Å². The lowest BCUT2D eigenvalue weighted by Crippen LogP contribution is -2.21. The number of rotatable bonds is 4. The van der Waals surface area contributed by atoms with Gasteiger partial charge in [0.2, 0.25) is 0 Å². The molecule has 0 fully saturated rings. The third kappa shape index (κ3) is 2.19. The molecular formula is C13H13N5O2. The molecule has 0 aliphatic rings. The summed E-state index contributed by atoms with van der Waals surface area (Å²) in [6.45, 7) is 0.642. The average Bonchev–Trinajstić information content (AvgIpc) is 2.88. The molecule has 0 radical (unpaired) electrons. The maximum Gasteiger partial charge on any atom is 0.264 e. The Morgan fingerprint density at radius 1 is 1.25 bits per heavy atom. The minimum absolute atomic E-state index is 0.0462. The van der Waals surface area contributed by atoms with Crippen molar-refractivity contribution < 1.29 is 5.11 Å². The monoisotopic (exact) mass is 271 g/mol. The second-order valence-corrected chi connectivity index (χ2v) is 4.33. The fourth-order valence-electron chi connectivity index (χ4n) is 2.03. The lowest BCUT2D eigenvalue weighted by molar-refractivity contribution is 0.271. The van der Waals surface area contributed by atoms with E-state index in [2.05, 4.69) is 15.1 Å². The first-order valence-electron chi connectivity index (χ1n) is 6.21. The molecule has 102 valence electrons. The summed E-state index contributed by atoms with van der Waals surface area (Å²) in [5.41, 5.74) is 1.12. The molecule has 0 saturated heterocycles. The molecule has 0 aliphatic carbocycles. The lowest BCUT2D eigenvalue weighted by atomic mass is 10.3. The van der Waals surface area contributed by atoms with Crippen LogP contribution in [0.2, 0.25) is 0 Å². The molecule has 0 aromatic carbocycles. The molecule has 7 heteroatoms. The topological polar surface area (TPSA) is 85.8 Å².